The topological polar surface area (TPSA) is 81.1 Å². The molecule has 2 atom stereocenters. The number of aryl methyl sites for hydroxylation is 2. The standard InChI is InChI=1S/C19H23F3N4O2/c1-11-7-13(19(20,21)22)9-16(27)17(11)15-8-12(2)18(25-24-15)23-14-5-4-6-26(3,28)10-14/h7-9,14,27H,4-6,10H2,1-3H3,(H,23,25). The van der Waals surface area contributed by atoms with E-state index in [0.29, 0.717) is 30.7 Å². The fourth-order valence-corrected chi connectivity index (χ4v) is 3.65. The SMILES string of the molecule is Cc1cc(-c2c(C)cc(C(F)(F)F)cc2O)nnc1NC1CCC[N+](C)([O-])C1. The number of likely N-dealkylation sites (N-methyl/N-ethyl adjacent to an activating group) is 1. The van der Waals surface area contributed by atoms with Crippen LogP contribution in [0.3, 0.4) is 0 Å². The summed E-state index contributed by atoms with van der Waals surface area (Å²) in [5.74, 6) is 0.0353. The summed E-state index contributed by atoms with van der Waals surface area (Å²) < 4.78 is 38.4. The highest BCUT2D eigenvalue weighted by molar-refractivity contribution is 5.72. The van der Waals surface area contributed by atoms with E-state index in [4.69, 9.17) is 0 Å². The molecular formula is C19H23F3N4O2. The number of aromatic nitrogens is 2. The molecule has 2 aromatic rings. The van der Waals surface area contributed by atoms with Crippen LogP contribution in [-0.2, 0) is 6.18 Å². The first kappa shape index (κ1) is 20.3. The van der Waals surface area contributed by atoms with Gasteiger partial charge in [-0.1, -0.05) is 0 Å². The number of phenolic OH excluding ortho intramolecular Hbond substituents is 1. The zero-order valence-electron chi connectivity index (χ0n) is 16.0. The Morgan fingerprint density at radius 3 is 2.46 bits per heavy atom. The third-order valence-corrected chi connectivity index (χ3v) is 5.01. The van der Waals surface area contributed by atoms with Gasteiger partial charge in [0, 0.05) is 5.56 Å². The molecule has 1 saturated heterocycles. The maximum absolute atomic E-state index is 12.9. The number of piperidine rings is 1. The molecule has 2 heterocycles. The number of phenols is 1. The molecule has 6 nitrogen and oxygen atoms in total. The molecule has 3 rings (SSSR count). The van der Waals surface area contributed by atoms with Gasteiger partial charge in [0.1, 0.15) is 5.75 Å². The average Bonchev–Trinajstić information content (AvgIpc) is 2.55. The van der Waals surface area contributed by atoms with Crippen molar-refractivity contribution >= 4 is 5.82 Å². The number of hydrogen-bond acceptors (Lipinski definition) is 5. The van der Waals surface area contributed by atoms with Crippen molar-refractivity contribution in [2.45, 2.75) is 38.9 Å². The number of aromatic hydroxyl groups is 1. The number of hydrogen-bond donors (Lipinski definition) is 2. The van der Waals surface area contributed by atoms with Gasteiger partial charge < -0.3 is 20.3 Å². The lowest BCUT2D eigenvalue weighted by atomic mass is 9.99. The molecule has 1 aromatic heterocycles. The van der Waals surface area contributed by atoms with Gasteiger partial charge in [0.15, 0.2) is 5.82 Å². The second-order valence-electron chi connectivity index (χ2n) is 7.63. The first-order valence-corrected chi connectivity index (χ1v) is 9.04. The molecular weight excluding hydrogens is 373 g/mol. The average molecular weight is 396 g/mol. The minimum Gasteiger partial charge on any atom is -0.633 e. The van der Waals surface area contributed by atoms with E-state index in [1.165, 1.54) is 6.92 Å². The number of quaternary nitrogens is 1. The van der Waals surface area contributed by atoms with Crippen LogP contribution in [0.15, 0.2) is 18.2 Å². The predicted molar refractivity (Wildman–Crippen MR) is 99.5 cm³/mol. The van der Waals surface area contributed by atoms with Crippen molar-refractivity contribution in [2.75, 3.05) is 25.5 Å². The molecule has 0 aliphatic carbocycles. The number of hydroxylamine groups is 3. The van der Waals surface area contributed by atoms with Crippen molar-refractivity contribution in [2.24, 2.45) is 0 Å². The van der Waals surface area contributed by atoms with Crippen molar-refractivity contribution in [3.8, 4) is 17.0 Å². The van der Waals surface area contributed by atoms with Crippen LogP contribution in [0.5, 0.6) is 5.75 Å². The molecule has 1 aliphatic heterocycles. The number of likely N-dealkylation sites (tertiary alicyclic amines) is 1. The summed E-state index contributed by atoms with van der Waals surface area (Å²) in [4.78, 5) is 0. The van der Waals surface area contributed by atoms with Crippen molar-refractivity contribution in [3.63, 3.8) is 0 Å². The first-order chi connectivity index (χ1) is 13.0. The Bertz CT molecular complexity index is 861. The van der Waals surface area contributed by atoms with E-state index in [1.54, 1.807) is 20.0 Å². The van der Waals surface area contributed by atoms with Gasteiger partial charge in [-0.3, -0.25) is 0 Å². The molecule has 152 valence electrons. The van der Waals surface area contributed by atoms with Gasteiger partial charge in [0.2, 0.25) is 0 Å². The molecule has 0 amide bonds. The quantitative estimate of drug-likeness (QED) is 0.605. The van der Waals surface area contributed by atoms with Crippen molar-refractivity contribution in [3.05, 3.63) is 40.1 Å². The lowest BCUT2D eigenvalue weighted by Gasteiger charge is -2.45. The van der Waals surface area contributed by atoms with E-state index in [-0.39, 0.29) is 21.8 Å². The summed E-state index contributed by atoms with van der Waals surface area (Å²) in [7, 11) is 1.64. The van der Waals surface area contributed by atoms with Crippen molar-refractivity contribution in [1.29, 1.82) is 0 Å². The number of anilines is 1. The minimum atomic E-state index is -4.54. The Hall–Kier alpha value is -2.39. The zero-order valence-corrected chi connectivity index (χ0v) is 16.0. The van der Waals surface area contributed by atoms with Gasteiger partial charge in [-0.05, 0) is 56.0 Å². The fourth-order valence-electron chi connectivity index (χ4n) is 3.65. The van der Waals surface area contributed by atoms with E-state index < -0.39 is 17.5 Å². The third kappa shape index (κ3) is 4.36. The Balaban J connectivity index is 1.87. The van der Waals surface area contributed by atoms with Crippen LogP contribution in [0.25, 0.3) is 11.3 Å². The van der Waals surface area contributed by atoms with Crippen LogP contribution in [0.2, 0.25) is 0 Å². The van der Waals surface area contributed by atoms with Gasteiger partial charge >= 0.3 is 6.18 Å². The highest BCUT2D eigenvalue weighted by atomic mass is 19.4. The second kappa shape index (κ2) is 7.21. The molecule has 1 aromatic carbocycles. The summed E-state index contributed by atoms with van der Waals surface area (Å²) in [6.07, 6.45) is -2.86. The van der Waals surface area contributed by atoms with Crippen LogP contribution < -0.4 is 5.32 Å². The maximum atomic E-state index is 12.9. The van der Waals surface area contributed by atoms with E-state index in [1.807, 2.05) is 0 Å². The van der Waals surface area contributed by atoms with Crippen molar-refractivity contribution < 1.29 is 22.9 Å². The summed E-state index contributed by atoms with van der Waals surface area (Å²) in [5, 5.41) is 33.8. The lowest BCUT2D eigenvalue weighted by molar-refractivity contribution is -0.866. The van der Waals surface area contributed by atoms with Crippen LogP contribution >= 0.6 is 0 Å². The molecule has 28 heavy (non-hydrogen) atoms. The molecule has 0 radical (unpaired) electrons. The Labute approximate surface area is 161 Å². The van der Waals surface area contributed by atoms with Gasteiger partial charge in [-0.2, -0.15) is 13.2 Å². The zero-order chi connectivity index (χ0) is 20.7. The first-order valence-electron chi connectivity index (χ1n) is 9.04. The molecule has 1 fully saturated rings. The smallest absolute Gasteiger partial charge is 0.416 e. The van der Waals surface area contributed by atoms with Gasteiger partial charge in [-0.15, -0.1) is 10.2 Å². The van der Waals surface area contributed by atoms with E-state index >= 15 is 0 Å². The number of nitrogens with zero attached hydrogens (tertiary/aromatic N) is 3. The van der Waals surface area contributed by atoms with Crippen molar-refractivity contribution in [1.82, 2.24) is 10.2 Å². The minimum absolute atomic E-state index is 0.0173. The third-order valence-electron chi connectivity index (χ3n) is 5.01. The summed E-state index contributed by atoms with van der Waals surface area (Å²) in [6.45, 7) is 4.31. The van der Waals surface area contributed by atoms with Crippen LogP contribution in [-0.4, -0.2) is 46.1 Å². The molecule has 2 unspecified atom stereocenters. The fraction of sp³-hybridized carbons (Fsp3) is 0.474. The normalized spacial score (nSPS) is 22.9. The molecule has 0 saturated carbocycles. The summed E-state index contributed by atoms with van der Waals surface area (Å²) in [6, 6.07) is 3.32. The van der Waals surface area contributed by atoms with Gasteiger partial charge in [-0.25, -0.2) is 0 Å². The van der Waals surface area contributed by atoms with Gasteiger partial charge in [0.05, 0.1) is 37.4 Å². The number of alkyl halides is 3. The maximum Gasteiger partial charge on any atom is 0.416 e. The molecule has 0 spiro atoms. The monoisotopic (exact) mass is 396 g/mol. The van der Waals surface area contributed by atoms with E-state index in [2.05, 4.69) is 15.5 Å². The number of rotatable bonds is 3. The van der Waals surface area contributed by atoms with Crippen LogP contribution in [0.4, 0.5) is 19.0 Å². The largest absolute Gasteiger partial charge is 0.633 e. The number of benzene rings is 1. The molecule has 0 bridgehead atoms. The number of nitrogens with one attached hydrogen (secondary N) is 1. The molecule has 9 heteroatoms. The molecule has 2 N–H and O–H groups in total. The Kier molecular flexibility index (Phi) is 5.24. The lowest BCUT2D eigenvalue weighted by Crippen LogP contribution is -2.50. The Morgan fingerprint density at radius 2 is 1.89 bits per heavy atom. The highest BCUT2D eigenvalue weighted by Crippen LogP contribution is 2.38. The predicted octanol–water partition coefficient (Wildman–Crippen LogP) is 4.00. The molecule has 1 aliphatic rings. The Morgan fingerprint density at radius 1 is 1.18 bits per heavy atom. The second-order valence-corrected chi connectivity index (χ2v) is 7.63. The summed E-state index contributed by atoms with van der Waals surface area (Å²) in [5.41, 5.74) is 0.588. The highest BCUT2D eigenvalue weighted by Gasteiger charge is 2.32. The van der Waals surface area contributed by atoms with Crippen LogP contribution in [0, 0.1) is 19.1 Å². The summed E-state index contributed by atoms with van der Waals surface area (Å²) >= 11 is 0. The van der Waals surface area contributed by atoms with Gasteiger partial charge in [0.25, 0.3) is 0 Å². The van der Waals surface area contributed by atoms with Crippen LogP contribution in [0.1, 0.15) is 29.5 Å². The van der Waals surface area contributed by atoms with E-state index in [0.717, 1.165) is 24.5 Å². The van der Waals surface area contributed by atoms with E-state index in [9.17, 15) is 23.5 Å². The number of halogens is 3.